The highest BCUT2D eigenvalue weighted by molar-refractivity contribution is 5.94. The summed E-state index contributed by atoms with van der Waals surface area (Å²) in [6.07, 6.45) is 0.362. The van der Waals surface area contributed by atoms with Crippen LogP contribution < -0.4 is 14.4 Å². The monoisotopic (exact) mass is 307 g/mol. The summed E-state index contributed by atoms with van der Waals surface area (Å²) in [4.78, 5) is 24.8. The first kappa shape index (κ1) is 14.5. The number of methoxy groups -OCH3 is 1. The molecule has 7 nitrogen and oxygen atoms in total. The van der Waals surface area contributed by atoms with Crippen LogP contribution in [0.4, 0.5) is 10.5 Å². The molecule has 0 bridgehead atoms. The van der Waals surface area contributed by atoms with Crippen molar-refractivity contribution in [3.05, 3.63) is 17.7 Å². The number of esters is 1. The number of rotatable bonds is 5. The van der Waals surface area contributed by atoms with Gasteiger partial charge in [0.2, 0.25) is 0 Å². The fourth-order valence-corrected chi connectivity index (χ4v) is 2.75. The topological polar surface area (TPSA) is 74.3 Å². The van der Waals surface area contributed by atoms with Gasteiger partial charge in [-0.15, -0.1) is 0 Å². The fraction of sp³-hybridized carbons (Fsp3) is 0.467. The largest absolute Gasteiger partial charge is 0.493 e. The van der Waals surface area contributed by atoms with Crippen molar-refractivity contribution in [1.29, 1.82) is 0 Å². The Morgan fingerprint density at radius 1 is 1.41 bits per heavy atom. The van der Waals surface area contributed by atoms with E-state index in [0.29, 0.717) is 24.7 Å². The number of hydrogen-bond donors (Lipinski definition) is 0. The second-order valence-electron chi connectivity index (χ2n) is 5.03. The Balaban J connectivity index is 1.85. The zero-order valence-corrected chi connectivity index (χ0v) is 12.5. The molecule has 2 heterocycles. The maximum Gasteiger partial charge on any atom is 0.414 e. The molecule has 1 amide bonds. The van der Waals surface area contributed by atoms with Gasteiger partial charge in [0.1, 0.15) is 6.61 Å². The van der Waals surface area contributed by atoms with Gasteiger partial charge >= 0.3 is 12.1 Å². The molecule has 1 saturated heterocycles. The summed E-state index contributed by atoms with van der Waals surface area (Å²) >= 11 is 0. The molecule has 22 heavy (non-hydrogen) atoms. The number of nitrogens with zero attached hydrogens (tertiary/aromatic N) is 1. The molecule has 0 N–H and O–H groups in total. The van der Waals surface area contributed by atoms with E-state index in [1.165, 1.54) is 7.11 Å². The van der Waals surface area contributed by atoms with Crippen molar-refractivity contribution in [3.8, 4) is 11.5 Å². The molecule has 0 saturated carbocycles. The number of hydrogen-bond acceptors (Lipinski definition) is 6. The lowest BCUT2D eigenvalue weighted by Crippen LogP contribution is -2.29. The second-order valence-corrected chi connectivity index (χ2v) is 5.03. The van der Waals surface area contributed by atoms with Crippen molar-refractivity contribution >= 4 is 17.7 Å². The Kier molecular flexibility index (Phi) is 3.79. The first-order chi connectivity index (χ1) is 10.6. The van der Waals surface area contributed by atoms with Crippen LogP contribution in [-0.4, -0.2) is 45.0 Å². The van der Waals surface area contributed by atoms with Crippen LogP contribution in [0, 0.1) is 0 Å². The van der Waals surface area contributed by atoms with Crippen LogP contribution in [0.15, 0.2) is 12.1 Å². The third-order valence-electron chi connectivity index (χ3n) is 3.69. The highest BCUT2D eigenvalue weighted by Crippen LogP contribution is 2.42. The first-order valence-electron chi connectivity index (χ1n) is 7.09. The molecule has 0 aliphatic carbocycles. The van der Waals surface area contributed by atoms with E-state index < -0.39 is 5.97 Å². The number of benzene rings is 1. The van der Waals surface area contributed by atoms with Crippen molar-refractivity contribution in [2.75, 3.05) is 31.8 Å². The van der Waals surface area contributed by atoms with Crippen LogP contribution in [0.3, 0.4) is 0 Å². The Hall–Kier alpha value is -2.44. The second kappa shape index (κ2) is 5.75. The molecule has 1 aromatic rings. The van der Waals surface area contributed by atoms with Crippen LogP contribution in [-0.2, 0) is 20.7 Å². The van der Waals surface area contributed by atoms with Gasteiger partial charge in [0.25, 0.3) is 0 Å². The molecule has 0 spiro atoms. The van der Waals surface area contributed by atoms with Crippen LogP contribution in [0.1, 0.15) is 12.5 Å². The lowest BCUT2D eigenvalue weighted by molar-refractivity contribution is -0.145. The van der Waals surface area contributed by atoms with E-state index in [4.69, 9.17) is 18.9 Å². The van der Waals surface area contributed by atoms with Gasteiger partial charge in [-0.2, -0.15) is 0 Å². The minimum absolute atomic E-state index is 0.0208. The van der Waals surface area contributed by atoms with E-state index in [1.54, 1.807) is 17.9 Å². The normalized spacial score (nSPS) is 18.5. The quantitative estimate of drug-likeness (QED) is 0.768. The highest BCUT2D eigenvalue weighted by Gasteiger charge is 2.41. The Bertz CT molecular complexity index is 614. The molecule has 0 radical (unpaired) electrons. The molecule has 1 aromatic carbocycles. The molecule has 2 aliphatic rings. The van der Waals surface area contributed by atoms with E-state index in [-0.39, 0.29) is 18.7 Å². The SMILES string of the molecule is CCOC(=O)COc1cc2c(cc1OC)C[C@@H]1COC(=O)N21. The number of carbonyl (C=O) groups excluding carboxylic acids is 2. The van der Waals surface area contributed by atoms with Crippen LogP contribution >= 0.6 is 0 Å². The highest BCUT2D eigenvalue weighted by atomic mass is 16.6. The Labute approximate surface area is 127 Å². The molecule has 3 rings (SSSR count). The van der Waals surface area contributed by atoms with Crippen molar-refractivity contribution in [3.63, 3.8) is 0 Å². The van der Waals surface area contributed by atoms with Crippen molar-refractivity contribution in [2.24, 2.45) is 0 Å². The lowest BCUT2D eigenvalue weighted by Gasteiger charge is -2.16. The number of fused-ring (bicyclic) bond motifs is 3. The average Bonchev–Trinajstić information content (AvgIpc) is 3.04. The van der Waals surface area contributed by atoms with E-state index in [9.17, 15) is 9.59 Å². The molecule has 2 aliphatic heterocycles. The number of amides is 1. The molecule has 0 aromatic heterocycles. The Morgan fingerprint density at radius 2 is 2.23 bits per heavy atom. The predicted octanol–water partition coefficient (Wildman–Crippen LogP) is 1.52. The third-order valence-corrected chi connectivity index (χ3v) is 3.69. The summed E-state index contributed by atoms with van der Waals surface area (Å²) in [5.74, 6) is 0.468. The van der Waals surface area contributed by atoms with Crippen molar-refractivity contribution in [1.82, 2.24) is 0 Å². The minimum Gasteiger partial charge on any atom is -0.493 e. The van der Waals surface area contributed by atoms with Gasteiger partial charge in [-0.1, -0.05) is 0 Å². The average molecular weight is 307 g/mol. The standard InChI is InChI=1S/C15H17NO6/c1-3-20-14(17)8-21-13-6-11-9(5-12(13)19-2)4-10-7-22-15(18)16(10)11/h5-6,10H,3-4,7-8H2,1-2H3/t10-/m1/s1. The maximum absolute atomic E-state index is 11.8. The molecule has 118 valence electrons. The van der Waals surface area contributed by atoms with Gasteiger partial charge < -0.3 is 18.9 Å². The molecule has 1 atom stereocenters. The first-order valence-corrected chi connectivity index (χ1v) is 7.09. The van der Waals surface area contributed by atoms with Crippen molar-refractivity contribution in [2.45, 2.75) is 19.4 Å². The van der Waals surface area contributed by atoms with E-state index in [0.717, 1.165) is 17.7 Å². The number of anilines is 1. The third kappa shape index (κ3) is 2.43. The summed E-state index contributed by atoms with van der Waals surface area (Å²) in [6.45, 7) is 2.20. The van der Waals surface area contributed by atoms with E-state index in [2.05, 4.69) is 0 Å². The Morgan fingerprint density at radius 3 is 2.95 bits per heavy atom. The van der Waals surface area contributed by atoms with Crippen molar-refractivity contribution < 1.29 is 28.5 Å². The van der Waals surface area contributed by atoms with Crippen LogP contribution in [0.5, 0.6) is 11.5 Å². The number of carbonyl (C=O) groups is 2. The summed E-state index contributed by atoms with van der Waals surface area (Å²) in [6, 6.07) is 3.56. The zero-order valence-electron chi connectivity index (χ0n) is 12.5. The maximum atomic E-state index is 11.8. The smallest absolute Gasteiger partial charge is 0.414 e. The van der Waals surface area contributed by atoms with Gasteiger partial charge in [0, 0.05) is 6.07 Å². The van der Waals surface area contributed by atoms with Gasteiger partial charge in [-0.05, 0) is 25.0 Å². The van der Waals surface area contributed by atoms with E-state index >= 15 is 0 Å². The zero-order chi connectivity index (χ0) is 15.7. The van der Waals surface area contributed by atoms with Crippen LogP contribution in [0.25, 0.3) is 0 Å². The predicted molar refractivity (Wildman–Crippen MR) is 76.4 cm³/mol. The molecule has 1 fully saturated rings. The number of ether oxygens (including phenoxy) is 4. The molecular formula is C15H17NO6. The lowest BCUT2D eigenvalue weighted by atomic mass is 10.1. The van der Waals surface area contributed by atoms with Gasteiger partial charge in [0.15, 0.2) is 18.1 Å². The number of cyclic esters (lactones) is 1. The van der Waals surface area contributed by atoms with Gasteiger partial charge in [-0.3, -0.25) is 4.90 Å². The summed E-state index contributed by atoms with van der Waals surface area (Å²) in [5.41, 5.74) is 1.74. The summed E-state index contributed by atoms with van der Waals surface area (Å²) < 4.78 is 20.6. The molecular weight excluding hydrogens is 290 g/mol. The van der Waals surface area contributed by atoms with Gasteiger partial charge in [-0.25, -0.2) is 9.59 Å². The summed E-state index contributed by atoms with van der Waals surface area (Å²) in [5, 5.41) is 0. The van der Waals surface area contributed by atoms with E-state index in [1.807, 2.05) is 6.07 Å². The molecule has 7 heteroatoms. The van der Waals surface area contributed by atoms with Crippen LogP contribution in [0.2, 0.25) is 0 Å². The summed E-state index contributed by atoms with van der Waals surface area (Å²) in [7, 11) is 1.53. The minimum atomic E-state index is -0.455. The van der Waals surface area contributed by atoms with Gasteiger partial charge in [0.05, 0.1) is 25.4 Å². The fourth-order valence-electron chi connectivity index (χ4n) is 2.75. The molecule has 0 unspecified atom stereocenters.